The van der Waals surface area contributed by atoms with Crippen molar-refractivity contribution in [3.05, 3.63) is 47.0 Å². The van der Waals surface area contributed by atoms with E-state index < -0.39 is 29.9 Å². The highest BCUT2D eigenvalue weighted by Crippen LogP contribution is 2.32. The Hall–Kier alpha value is -2.94. The van der Waals surface area contributed by atoms with Crippen LogP contribution in [0.5, 0.6) is 0 Å². The lowest BCUT2D eigenvalue weighted by molar-refractivity contribution is -0.165. The van der Waals surface area contributed by atoms with Crippen molar-refractivity contribution in [3.63, 3.8) is 0 Å². The Morgan fingerprint density at radius 2 is 2.08 bits per heavy atom. The number of carbonyl (C=O) groups is 3. The summed E-state index contributed by atoms with van der Waals surface area (Å²) >= 11 is 1.20. The van der Waals surface area contributed by atoms with E-state index >= 15 is 0 Å². The number of nitrogens with two attached hydrogens (primary N) is 1. The number of anilines is 1. The molecular weight excluding hydrogens is 356 g/mol. The van der Waals surface area contributed by atoms with Gasteiger partial charge in [0.25, 0.3) is 0 Å². The molecule has 2 aromatic rings. The summed E-state index contributed by atoms with van der Waals surface area (Å²) in [5.41, 5.74) is 6.42. The van der Waals surface area contributed by atoms with Gasteiger partial charge in [0.1, 0.15) is 0 Å². The van der Waals surface area contributed by atoms with Crippen LogP contribution < -0.4 is 11.1 Å². The maximum Gasteiger partial charge on any atom is 0.327 e. The van der Waals surface area contributed by atoms with E-state index in [9.17, 15) is 19.5 Å². The van der Waals surface area contributed by atoms with Crippen LogP contribution in [-0.4, -0.2) is 38.9 Å². The summed E-state index contributed by atoms with van der Waals surface area (Å²) < 4.78 is 0. The standard InChI is InChI=1S/C17H18N4O4S/c1-9(10-5-3-2-4-6-10)20-17(25)21-13(15(23)24)12(14(21)22)7-11-8-19-16(18)26-11/h2-6,8-9,12-13H,7H2,1H3,(H2,18,19)(H,20,25)(H,23,24)/t9-,12-,13+/m1/s1. The lowest BCUT2D eigenvalue weighted by atomic mass is 9.84. The Balaban J connectivity index is 1.70. The molecule has 1 aromatic carbocycles. The smallest absolute Gasteiger partial charge is 0.327 e. The molecule has 0 spiro atoms. The molecule has 2 heterocycles. The van der Waals surface area contributed by atoms with E-state index in [4.69, 9.17) is 5.73 Å². The minimum Gasteiger partial charge on any atom is -0.480 e. The number of amides is 3. The monoisotopic (exact) mass is 374 g/mol. The zero-order chi connectivity index (χ0) is 18.8. The second-order valence-electron chi connectivity index (χ2n) is 6.05. The van der Waals surface area contributed by atoms with Crippen molar-refractivity contribution in [2.75, 3.05) is 5.73 Å². The number of carbonyl (C=O) groups excluding carboxylic acids is 2. The van der Waals surface area contributed by atoms with Crippen LogP contribution in [0.2, 0.25) is 0 Å². The summed E-state index contributed by atoms with van der Waals surface area (Å²) in [5.74, 6) is -2.53. The highest BCUT2D eigenvalue weighted by molar-refractivity contribution is 7.15. The minimum atomic E-state index is -1.21. The summed E-state index contributed by atoms with van der Waals surface area (Å²) in [6.45, 7) is 1.77. The van der Waals surface area contributed by atoms with Crippen molar-refractivity contribution >= 4 is 34.4 Å². The molecule has 3 atom stereocenters. The topological polar surface area (TPSA) is 126 Å². The fourth-order valence-electron chi connectivity index (χ4n) is 2.97. The number of imide groups is 1. The van der Waals surface area contributed by atoms with Crippen molar-refractivity contribution < 1.29 is 19.5 Å². The first kappa shape index (κ1) is 17.9. The minimum absolute atomic E-state index is 0.197. The van der Waals surface area contributed by atoms with E-state index in [1.807, 2.05) is 30.3 Å². The Morgan fingerprint density at radius 3 is 2.65 bits per heavy atom. The first-order valence-corrected chi connectivity index (χ1v) is 8.81. The normalized spacial score (nSPS) is 20.3. The number of hydrogen-bond donors (Lipinski definition) is 3. The number of nitrogens with zero attached hydrogens (tertiary/aromatic N) is 2. The third-order valence-electron chi connectivity index (χ3n) is 4.32. The number of carboxylic acid groups (broad SMARTS) is 1. The van der Waals surface area contributed by atoms with Gasteiger partial charge in [0.2, 0.25) is 5.91 Å². The van der Waals surface area contributed by atoms with Gasteiger partial charge in [-0.3, -0.25) is 4.79 Å². The molecule has 26 heavy (non-hydrogen) atoms. The molecule has 0 radical (unpaired) electrons. The number of carboxylic acids is 1. The fraction of sp³-hybridized carbons (Fsp3) is 0.294. The van der Waals surface area contributed by atoms with Gasteiger partial charge in [-0.15, -0.1) is 11.3 Å². The summed E-state index contributed by atoms with van der Waals surface area (Å²) in [6, 6.07) is 6.95. The molecule has 3 amide bonds. The maximum atomic E-state index is 12.4. The molecule has 0 bridgehead atoms. The van der Waals surface area contributed by atoms with Gasteiger partial charge in [-0.1, -0.05) is 30.3 Å². The number of nitrogen functional groups attached to an aromatic ring is 1. The number of urea groups is 1. The molecule has 1 aromatic heterocycles. The number of rotatable bonds is 5. The summed E-state index contributed by atoms with van der Waals surface area (Å²) in [5, 5.41) is 12.5. The molecule has 0 saturated carbocycles. The van der Waals surface area contributed by atoms with Crippen LogP contribution in [0.1, 0.15) is 23.4 Å². The number of aliphatic carboxylic acids is 1. The van der Waals surface area contributed by atoms with Gasteiger partial charge in [-0.05, 0) is 18.9 Å². The predicted molar refractivity (Wildman–Crippen MR) is 95.4 cm³/mol. The lowest BCUT2D eigenvalue weighted by Gasteiger charge is -2.43. The van der Waals surface area contributed by atoms with Gasteiger partial charge < -0.3 is 16.2 Å². The van der Waals surface area contributed by atoms with Crippen molar-refractivity contribution in [3.8, 4) is 0 Å². The van der Waals surface area contributed by atoms with Crippen molar-refractivity contribution in [1.29, 1.82) is 0 Å². The predicted octanol–water partition coefficient (Wildman–Crippen LogP) is 1.65. The average Bonchev–Trinajstić information content (AvgIpc) is 3.02. The first-order valence-electron chi connectivity index (χ1n) is 8.00. The van der Waals surface area contributed by atoms with Gasteiger partial charge in [0.15, 0.2) is 11.2 Å². The summed E-state index contributed by atoms with van der Waals surface area (Å²) in [6.07, 6.45) is 1.72. The number of nitrogens with one attached hydrogen (secondary N) is 1. The third-order valence-corrected chi connectivity index (χ3v) is 5.17. The highest BCUT2D eigenvalue weighted by atomic mass is 32.1. The van der Waals surface area contributed by atoms with Crippen LogP contribution in [0.15, 0.2) is 36.5 Å². The van der Waals surface area contributed by atoms with E-state index in [0.29, 0.717) is 10.0 Å². The molecule has 9 heteroatoms. The number of likely N-dealkylation sites (tertiary alicyclic amines) is 1. The van der Waals surface area contributed by atoms with E-state index in [0.717, 1.165) is 10.5 Å². The summed E-state index contributed by atoms with van der Waals surface area (Å²) in [4.78, 5) is 41.8. The van der Waals surface area contributed by atoms with Crippen LogP contribution in [-0.2, 0) is 16.0 Å². The summed E-state index contributed by atoms with van der Waals surface area (Å²) in [7, 11) is 0. The van der Waals surface area contributed by atoms with Crippen molar-refractivity contribution in [2.24, 2.45) is 5.92 Å². The highest BCUT2D eigenvalue weighted by Gasteiger charge is 2.54. The van der Waals surface area contributed by atoms with Gasteiger partial charge in [0.05, 0.1) is 12.0 Å². The number of benzene rings is 1. The Morgan fingerprint density at radius 1 is 1.38 bits per heavy atom. The first-order chi connectivity index (χ1) is 12.4. The van der Waals surface area contributed by atoms with Crippen LogP contribution in [0, 0.1) is 5.92 Å². The fourth-order valence-corrected chi connectivity index (χ4v) is 3.71. The number of β-lactam (4-membered cyclic amide) rings is 1. The maximum absolute atomic E-state index is 12.4. The van der Waals surface area contributed by atoms with Crippen molar-refractivity contribution in [2.45, 2.75) is 25.4 Å². The molecular formula is C17H18N4O4S. The van der Waals surface area contributed by atoms with E-state index in [-0.39, 0.29) is 12.5 Å². The van der Waals surface area contributed by atoms with E-state index in [1.165, 1.54) is 17.5 Å². The average molecular weight is 374 g/mol. The van der Waals surface area contributed by atoms with Gasteiger partial charge >= 0.3 is 12.0 Å². The quantitative estimate of drug-likeness (QED) is 0.683. The molecule has 0 unspecified atom stereocenters. The second kappa shape index (κ2) is 7.12. The SMILES string of the molecule is C[C@@H](NC(=O)N1C(=O)[C@H](Cc2cnc(N)s2)[C@H]1C(=O)O)c1ccccc1. The number of hydrogen-bond acceptors (Lipinski definition) is 6. The molecule has 1 aliphatic heterocycles. The molecule has 136 valence electrons. The van der Waals surface area contributed by atoms with E-state index in [2.05, 4.69) is 10.3 Å². The lowest BCUT2D eigenvalue weighted by Crippen LogP contribution is -2.68. The molecule has 3 rings (SSSR count). The van der Waals surface area contributed by atoms with Crippen LogP contribution in [0.3, 0.4) is 0 Å². The third kappa shape index (κ3) is 3.38. The van der Waals surface area contributed by atoms with Crippen LogP contribution in [0.4, 0.5) is 9.93 Å². The Bertz CT molecular complexity index is 838. The Labute approximate surface area is 153 Å². The van der Waals surface area contributed by atoms with Crippen LogP contribution >= 0.6 is 11.3 Å². The molecule has 8 nitrogen and oxygen atoms in total. The largest absolute Gasteiger partial charge is 0.480 e. The van der Waals surface area contributed by atoms with Gasteiger partial charge in [-0.2, -0.15) is 0 Å². The molecule has 1 saturated heterocycles. The molecule has 4 N–H and O–H groups in total. The van der Waals surface area contributed by atoms with Gasteiger partial charge in [-0.25, -0.2) is 19.5 Å². The van der Waals surface area contributed by atoms with Gasteiger partial charge in [0, 0.05) is 11.1 Å². The molecule has 1 fully saturated rings. The zero-order valence-electron chi connectivity index (χ0n) is 14.0. The number of thiazole rings is 1. The molecule has 1 aliphatic rings. The van der Waals surface area contributed by atoms with Crippen LogP contribution in [0.25, 0.3) is 0 Å². The zero-order valence-corrected chi connectivity index (χ0v) is 14.8. The Kier molecular flexibility index (Phi) is 4.90. The molecule has 0 aliphatic carbocycles. The number of aromatic nitrogens is 1. The van der Waals surface area contributed by atoms with Crippen molar-refractivity contribution in [1.82, 2.24) is 15.2 Å². The second-order valence-corrected chi connectivity index (χ2v) is 7.20. The van der Waals surface area contributed by atoms with E-state index in [1.54, 1.807) is 6.92 Å².